The van der Waals surface area contributed by atoms with Gasteiger partial charge in [0.1, 0.15) is 0 Å². The molecule has 114 valence electrons. The summed E-state index contributed by atoms with van der Waals surface area (Å²) in [5.41, 5.74) is 1.08. The molecule has 1 aromatic rings. The van der Waals surface area contributed by atoms with Crippen molar-refractivity contribution >= 4 is 11.8 Å². The summed E-state index contributed by atoms with van der Waals surface area (Å²) < 4.78 is 0. The summed E-state index contributed by atoms with van der Waals surface area (Å²) in [6.45, 7) is 5.58. The zero-order valence-corrected chi connectivity index (χ0v) is 13.1. The molecule has 0 aliphatic carbocycles. The maximum absolute atomic E-state index is 12.5. The number of amides is 2. The highest BCUT2D eigenvalue weighted by Crippen LogP contribution is 2.38. The first kappa shape index (κ1) is 15.5. The van der Waals surface area contributed by atoms with Crippen molar-refractivity contribution in [3.8, 4) is 0 Å². The maximum atomic E-state index is 12.5. The van der Waals surface area contributed by atoms with Crippen molar-refractivity contribution in [2.45, 2.75) is 26.7 Å². The van der Waals surface area contributed by atoms with Crippen molar-refractivity contribution in [2.24, 2.45) is 11.3 Å². The topological polar surface area (TPSA) is 49.4 Å². The maximum Gasteiger partial charge on any atom is 0.226 e. The third-order valence-corrected chi connectivity index (χ3v) is 4.33. The lowest BCUT2D eigenvalue weighted by Gasteiger charge is -2.23. The highest BCUT2D eigenvalue weighted by Gasteiger charge is 2.46. The molecule has 2 amide bonds. The van der Waals surface area contributed by atoms with Gasteiger partial charge in [0.25, 0.3) is 0 Å². The third kappa shape index (κ3) is 3.63. The lowest BCUT2D eigenvalue weighted by atomic mass is 9.79. The van der Waals surface area contributed by atoms with E-state index < -0.39 is 0 Å². The van der Waals surface area contributed by atoms with Gasteiger partial charge < -0.3 is 10.2 Å². The van der Waals surface area contributed by atoms with Gasteiger partial charge >= 0.3 is 0 Å². The van der Waals surface area contributed by atoms with Crippen LogP contribution in [0.15, 0.2) is 30.3 Å². The Labute approximate surface area is 126 Å². The first-order valence-electron chi connectivity index (χ1n) is 7.47. The Morgan fingerprint density at radius 3 is 2.62 bits per heavy atom. The second kappa shape index (κ2) is 6.29. The van der Waals surface area contributed by atoms with Crippen molar-refractivity contribution in [1.29, 1.82) is 0 Å². The fraction of sp³-hybridized carbons (Fsp3) is 0.529. The van der Waals surface area contributed by atoms with Gasteiger partial charge in [0.2, 0.25) is 11.8 Å². The first-order chi connectivity index (χ1) is 9.94. The first-order valence-corrected chi connectivity index (χ1v) is 7.47. The summed E-state index contributed by atoms with van der Waals surface area (Å²) in [7, 11) is 1.61. The van der Waals surface area contributed by atoms with Gasteiger partial charge in [0.15, 0.2) is 0 Å². The van der Waals surface area contributed by atoms with Gasteiger partial charge in [-0.25, -0.2) is 0 Å². The van der Waals surface area contributed by atoms with Gasteiger partial charge in [0, 0.05) is 26.6 Å². The predicted molar refractivity (Wildman–Crippen MR) is 82.7 cm³/mol. The van der Waals surface area contributed by atoms with Crippen LogP contribution in [0.4, 0.5) is 0 Å². The summed E-state index contributed by atoms with van der Waals surface area (Å²) in [6, 6.07) is 10.2. The number of hydrogen-bond donors (Lipinski definition) is 1. The molecule has 1 aliphatic heterocycles. The molecule has 0 saturated carbocycles. The van der Waals surface area contributed by atoms with E-state index in [1.54, 1.807) is 7.05 Å². The van der Waals surface area contributed by atoms with Gasteiger partial charge in [-0.05, 0) is 17.4 Å². The van der Waals surface area contributed by atoms with Crippen LogP contribution in [0.5, 0.6) is 0 Å². The summed E-state index contributed by atoms with van der Waals surface area (Å²) in [4.78, 5) is 26.0. The van der Waals surface area contributed by atoms with Crippen molar-refractivity contribution < 1.29 is 9.59 Å². The molecule has 1 saturated heterocycles. The Morgan fingerprint density at radius 1 is 1.33 bits per heavy atom. The molecule has 1 atom stereocenters. The lowest BCUT2D eigenvalue weighted by Crippen LogP contribution is -2.32. The van der Waals surface area contributed by atoms with E-state index in [1.165, 1.54) is 5.56 Å². The largest absolute Gasteiger partial charge is 0.359 e. The normalized spacial score (nSPS) is 20.6. The molecule has 0 aromatic heterocycles. The van der Waals surface area contributed by atoms with Gasteiger partial charge in [-0.3, -0.25) is 9.59 Å². The molecule has 1 N–H and O–H groups in total. The molecule has 1 aromatic carbocycles. The van der Waals surface area contributed by atoms with Crippen molar-refractivity contribution in [1.82, 2.24) is 10.2 Å². The fourth-order valence-electron chi connectivity index (χ4n) is 2.98. The monoisotopic (exact) mass is 288 g/mol. The molecule has 1 fully saturated rings. The highest BCUT2D eigenvalue weighted by atomic mass is 16.2. The quantitative estimate of drug-likeness (QED) is 0.899. The van der Waals surface area contributed by atoms with E-state index in [-0.39, 0.29) is 29.6 Å². The molecule has 4 heteroatoms. The molecular weight excluding hydrogens is 264 g/mol. The Balaban J connectivity index is 1.99. The minimum Gasteiger partial charge on any atom is -0.359 e. The van der Waals surface area contributed by atoms with E-state index in [2.05, 4.69) is 31.3 Å². The second-order valence-electron chi connectivity index (χ2n) is 6.41. The van der Waals surface area contributed by atoms with Crippen LogP contribution < -0.4 is 5.32 Å². The zero-order valence-electron chi connectivity index (χ0n) is 13.1. The van der Waals surface area contributed by atoms with Gasteiger partial charge in [0.05, 0.1) is 5.92 Å². The Morgan fingerprint density at radius 2 is 2.00 bits per heavy atom. The molecule has 4 nitrogen and oxygen atoms in total. The second-order valence-corrected chi connectivity index (χ2v) is 6.41. The average molecular weight is 288 g/mol. The number of carbonyl (C=O) groups excluding carboxylic acids is 2. The van der Waals surface area contributed by atoms with E-state index >= 15 is 0 Å². The molecule has 2 rings (SSSR count). The number of nitrogens with zero attached hydrogens (tertiary/aromatic N) is 1. The van der Waals surface area contributed by atoms with Crippen LogP contribution in [-0.4, -0.2) is 36.9 Å². The SMILES string of the molecule is CNC(=O)C[C@@H]1C(=O)N(CCc2ccccc2)CC1(C)C. The lowest BCUT2D eigenvalue weighted by molar-refractivity contribution is -0.134. The smallest absolute Gasteiger partial charge is 0.226 e. The van der Waals surface area contributed by atoms with E-state index in [4.69, 9.17) is 0 Å². The van der Waals surface area contributed by atoms with Gasteiger partial charge in [-0.2, -0.15) is 0 Å². The molecule has 0 radical (unpaired) electrons. The van der Waals surface area contributed by atoms with Crippen molar-refractivity contribution in [2.75, 3.05) is 20.1 Å². The van der Waals surface area contributed by atoms with Crippen LogP contribution in [0.25, 0.3) is 0 Å². The van der Waals surface area contributed by atoms with Gasteiger partial charge in [-0.1, -0.05) is 44.2 Å². The Bertz CT molecular complexity index is 511. The number of hydrogen-bond acceptors (Lipinski definition) is 2. The minimum absolute atomic E-state index is 0.0636. The molecule has 1 heterocycles. The Hall–Kier alpha value is -1.84. The molecule has 0 bridgehead atoms. The molecule has 1 aliphatic rings. The average Bonchev–Trinajstić information content (AvgIpc) is 2.69. The molecule has 0 unspecified atom stereocenters. The molecular formula is C17H24N2O2. The highest BCUT2D eigenvalue weighted by molar-refractivity contribution is 5.88. The molecule has 21 heavy (non-hydrogen) atoms. The number of likely N-dealkylation sites (tertiary alicyclic amines) is 1. The van der Waals surface area contributed by atoms with E-state index in [9.17, 15) is 9.59 Å². The number of nitrogens with one attached hydrogen (secondary N) is 1. The van der Waals surface area contributed by atoms with Gasteiger partial charge in [-0.15, -0.1) is 0 Å². The number of benzene rings is 1. The predicted octanol–water partition coefficient (Wildman–Crippen LogP) is 1.85. The number of carbonyl (C=O) groups is 2. The minimum atomic E-state index is -0.215. The summed E-state index contributed by atoms with van der Waals surface area (Å²) >= 11 is 0. The summed E-state index contributed by atoms with van der Waals surface area (Å²) in [6.07, 6.45) is 1.14. The van der Waals surface area contributed by atoms with Crippen molar-refractivity contribution in [3.05, 3.63) is 35.9 Å². The van der Waals surface area contributed by atoms with Crippen LogP contribution >= 0.6 is 0 Å². The summed E-state index contributed by atoms with van der Waals surface area (Å²) in [5.74, 6) is -0.168. The number of rotatable bonds is 5. The third-order valence-electron chi connectivity index (χ3n) is 4.33. The molecule has 0 spiro atoms. The van der Waals surface area contributed by atoms with E-state index in [0.29, 0.717) is 0 Å². The standard InChI is InChI=1S/C17H24N2O2/c1-17(2)12-19(10-9-13-7-5-4-6-8-13)16(21)14(17)11-15(20)18-3/h4-8,14H,9-12H2,1-3H3,(H,18,20)/t14-/m1/s1. The van der Waals surface area contributed by atoms with Crippen molar-refractivity contribution in [3.63, 3.8) is 0 Å². The summed E-state index contributed by atoms with van der Waals surface area (Å²) in [5, 5.41) is 2.61. The zero-order chi connectivity index (χ0) is 15.5. The van der Waals surface area contributed by atoms with Crippen LogP contribution in [0.1, 0.15) is 25.8 Å². The van der Waals surface area contributed by atoms with E-state index in [1.807, 2.05) is 23.1 Å². The Kier molecular flexibility index (Phi) is 4.66. The van der Waals surface area contributed by atoms with E-state index in [0.717, 1.165) is 19.5 Å². The van der Waals surface area contributed by atoms with Crippen LogP contribution in [0, 0.1) is 11.3 Å². The van der Waals surface area contributed by atoms with Crippen LogP contribution in [0.2, 0.25) is 0 Å². The van der Waals surface area contributed by atoms with Crippen LogP contribution in [-0.2, 0) is 16.0 Å². The fourth-order valence-corrected chi connectivity index (χ4v) is 2.98. The van der Waals surface area contributed by atoms with Crippen LogP contribution in [0.3, 0.4) is 0 Å².